The predicted octanol–water partition coefficient (Wildman–Crippen LogP) is 0.708. The van der Waals surface area contributed by atoms with Crippen LogP contribution in [-0.2, 0) is 9.59 Å². The molecule has 1 aromatic rings. The van der Waals surface area contributed by atoms with Crippen molar-refractivity contribution in [2.75, 3.05) is 23.4 Å². The molecule has 1 fully saturated rings. The maximum absolute atomic E-state index is 12.3. The summed E-state index contributed by atoms with van der Waals surface area (Å²) in [7, 11) is 0. The van der Waals surface area contributed by atoms with E-state index >= 15 is 0 Å². The van der Waals surface area contributed by atoms with E-state index in [9.17, 15) is 19.5 Å². The standard InChI is InChI=1S/C14H14N2O5S/c17-11-6-21-10-5-8(1-2-9(10)15-11)12(18)16-14(13(19)20)3-4-22-7-14/h1-2,5H,3-4,6-7H2,(H,15,17)(H,16,18)(H,19,20)/t14-/m1/s1. The van der Waals surface area contributed by atoms with Gasteiger partial charge in [0.25, 0.3) is 11.8 Å². The van der Waals surface area contributed by atoms with E-state index in [1.807, 2.05) is 0 Å². The van der Waals surface area contributed by atoms with Gasteiger partial charge in [0.15, 0.2) is 6.61 Å². The average Bonchev–Trinajstić information content (AvgIpc) is 2.96. The summed E-state index contributed by atoms with van der Waals surface area (Å²) in [5.74, 6) is -0.284. The number of ether oxygens (including phenoxy) is 1. The number of fused-ring (bicyclic) bond motifs is 1. The van der Waals surface area contributed by atoms with Gasteiger partial charge in [0, 0.05) is 11.3 Å². The molecule has 0 aromatic heterocycles. The first kappa shape index (κ1) is 14.7. The number of amides is 2. The topological polar surface area (TPSA) is 105 Å². The van der Waals surface area contributed by atoms with Crippen LogP contribution in [0.2, 0.25) is 0 Å². The molecule has 2 aliphatic rings. The summed E-state index contributed by atoms with van der Waals surface area (Å²) >= 11 is 1.50. The Morgan fingerprint density at radius 3 is 2.91 bits per heavy atom. The Bertz CT molecular complexity index is 655. The van der Waals surface area contributed by atoms with Gasteiger partial charge in [-0.2, -0.15) is 11.8 Å². The van der Waals surface area contributed by atoms with Crippen LogP contribution < -0.4 is 15.4 Å². The highest BCUT2D eigenvalue weighted by atomic mass is 32.2. The molecule has 1 aromatic carbocycles. The minimum Gasteiger partial charge on any atom is -0.482 e. The van der Waals surface area contributed by atoms with E-state index in [1.54, 1.807) is 6.07 Å². The third-order valence-corrected chi connectivity index (χ3v) is 4.85. The van der Waals surface area contributed by atoms with Crippen molar-refractivity contribution < 1.29 is 24.2 Å². The summed E-state index contributed by atoms with van der Waals surface area (Å²) < 4.78 is 5.26. The number of rotatable bonds is 3. The Hall–Kier alpha value is -2.22. The van der Waals surface area contributed by atoms with Crippen molar-refractivity contribution in [1.29, 1.82) is 0 Å². The summed E-state index contributed by atoms with van der Waals surface area (Å²) in [5.41, 5.74) is -0.420. The minimum atomic E-state index is -1.22. The second kappa shape index (κ2) is 5.53. The third kappa shape index (κ3) is 2.61. The van der Waals surface area contributed by atoms with E-state index in [2.05, 4.69) is 10.6 Å². The van der Waals surface area contributed by atoms with E-state index in [1.165, 1.54) is 23.9 Å². The van der Waals surface area contributed by atoms with Gasteiger partial charge in [0.05, 0.1) is 5.69 Å². The van der Waals surface area contributed by atoms with Gasteiger partial charge >= 0.3 is 5.97 Å². The number of hydrogen-bond donors (Lipinski definition) is 3. The minimum absolute atomic E-state index is 0.103. The van der Waals surface area contributed by atoms with Crippen molar-refractivity contribution in [3.8, 4) is 5.75 Å². The van der Waals surface area contributed by atoms with Crippen molar-refractivity contribution in [3.63, 3.8) is 0 Å². The van der Waals surface area contributed by atoms with Gasteiger partial charge in [-0.25, -0.2) is 4.79 Å². The molecule has 0 bridgehead atoms. The van der Waals surface area contributed by atoms with Crippen LogP contribution in [0.5, 0.6) is 5.75 Å². The molecule has 3 N–H and O–H groups in total. The van der Waals surface area contributed by atoms with Gasteiger partial charge in [-0.1, -0.05) is 0 Å². The first-order valence-corrected chi connectivity index (χ1v) is 7.86. The number of carbonyl (C=O) groups excluding carboxylic acids is 2. The van der Waals surface area contributed by atoms with Crippen LogP contribution in [0.4, 0.5) is 5.69 Å². The summed E-state index contributed by atoms with van der Waals surface area (Å²) in [6, 6.07) is 4.60. The Balaban J connectivity index is 1.81. The molecule has 2 aliphatic heterocycles. The van der Waals surface area contributed by atoms with Gasteiger partial charge in [0.2, 0.25) is 0 Å². The zero-order chi connectivity index (χ0) is 15.7. The molecule has 116 valence electrons. The molecular formula is C14H14N2O5S. The lowest BCUT2D eigenvalue weighted by molar-refractivity contribution is -0.143. The lowest BCUT2D eigenvalue weighted by atomic mass is 9.98. The molecule has 0 aliphatic carbocycles. The van der Waals surface area contributed by atoms with E-state index in [0.29, 0.717) is 34.9 Å². The van der Waals surface area contributed by atoms with E-state index in [4.69, 9.17) is 4.74 Å². The zero-order valence-electron chi connectivity index (χ0n) is 11.5. The molecule has 1 atom stereocenters. The summed E-state index contributed by atoms with van der Waals surface area (Å²) in [5, 5.41) is 14.6. The molecule has 7 nitrogen and oxygen atoms in total. The smallest absolute Gasteiger partial charge is 0.330 e. The molecule has 8 heteroatoms. The largest absolute Gasteiger partial charge is 0.482 e. The first-order valence-electron chi connectivity index (χ1n) is 6.70. The van der Waals surface area contributed by atoms with Crippen LogP contribution in [0.15, 0.2) is 18.2 Å². The molecule has 0 saturated carbocycles. The van der Waals surface area contributed by atoms with E-state index in [0.717, 1.165) is 0 Å². The molecule has 2 heterocycles. The Kier molecular flexibility index (Phi) is 3.69. The monoisotopic (exact) mass is 322 g/mol. The second-order valence-corrected chi connectivity index (χ2v) is 6.30. The molecule has 2 amide bonds. The number of nitrogens with one attached hydrogen (secondary N) is 2. The van der Waals surface area contributed by atoms with Crippen molar-refractivity contribution in [3.05, 3.63) is 23.8 Å². The average molecular weight is 322 g/mol. The molecule has 0 spiro atoms. The predicted molar refractivity (Wildman–Crippen MR) is 80.3 cm³/mol. The fourth-order valence-electron chi connectivity index (χ4n) is 2.39. The van der Waals surface area contributed by atoms with Crippen molar-refractivity contribution in [2.24, 2.45) is 0 Å². The van der Waals surface area contributed by atoms with Gasteiger partial charge < -0.3 is 20.5 Å². The first-order chi connectivity index (χ1) is 10.5. The maximum Gasteiger partial charge on any atom is 0.330 e. The molecule has 1 saturated heterocycles. The number of anilines is 1. The van der Waals surface area contributed by atoms with Crippen LogP contribution in [0.1, 0.15) is 16.8 Å². The number of carboxylic acid groups (broad SMARTS) is 1. The molecular weight excluding hydrogens is 308 g/mol. The van der Waals surface area contributed by atoms with Crippen LogP contribution in [0.3, 0.4) is 0 Å². The van der Waals surface area contributed by atoms with Crippen molar-refractivity contribution >= 4 is 35.2 Å². The third-order valence-electron chi connectivity index (χ3n) is 3.66. The lowest BCUT2D eigenvalue weighted by Gasteiger charge is -2.25. The second-order valence-electron chi connectivity index (χ2n) is 5.19. The number of carboxylic acids is 1. The number of hydrogen-bond acceptors (Lipinski definition) is 5. The van der Waals surface area contributed by atoms with Gasteiger partial charge in [0.1, 0.15) is 11.3 Å². The molecule has 22 heavy (non-hydrogen) atoms. The normalized spacial score (nSPS) is 23.2. The number of thioether (sulfide) groups is 1. The van der Waals surface area contributed by atoms with E-state index < -0.39 is 17.4 Å². The zero-order valence-corrected chi connectivity index (χ0v) is 12.4. The fourth-order valence-corrected chi connectivity index (χ4v) is 3.72. The highest BCUT2D eigenvalue weighted by Crippen LogP contribution is 2.31. The van der Waals surface area contributed by atoms with Crippen molar-refractivity contribution in [2.45, 2.75) is 12.0 Å². The summed E-state index contributed by atoms with van der Waals surface area (Å²) in [4.78, 5) is 35.0. The molecule has 0 unspecified atom stereocenters. The summed E-state index contributed by atoms with van der Waals surface area (Å²) in [6.07, 6.45) is 0.399. The van der Waals surface area contributed by atoms with Crippen LogP contribution in [0.25, 0.3) is 0 Å². The van der Waals surface area contributed by atoms with Gasteiger partial charge in [-0.3, -0.25) is 9.59 Å². The fraction of sp³-hybridized carbons (Fsp3) is 0.357. The maximum atomic E-state index is 12.3. The van der Waals surface area contributed by atoms with Crippen molar-refractivity contribution in [1.82, 2.24) is 5.32 Å². The van der Waals surface area contributed by atoms with Gasteiger partial charge in [-0.15, -0.1) is 0 Å². The SMILES string of the molecule is O=C1COc2cc(C(=O)N[C@]3(C(=O)O)CCSC3)ccc2N1. The quantitative estimate of drug-likeness (QED) is 0.757. The van der Waals surface area contributed by atoms with Crippen LogP contribution in [0, 0.1) is 0 Å². The Morgan fingerprint density at radius 1 is 1.41 bits per heavy atom. The highest BCUT2D eigenvalue weighted by molar-refractivity contribution is 7.99. The van der Waals surface area contributed by atoms with Gasteiger partial charge in [-0.05, 0) is 30.4 Å². The Morgan fingerprint density at radius 2 is 2.23 bits per heavy atom. The van der Waals surface area contributed by atoms with Crippen LogP contribution in [-0.4, -0.2) is 46.5 Å². The number of carbonyl (C=O) groups is 3. The number of benzene rings is 1. The summed E-state index contributed by atoms with van der Waals surface area (Å²) in [6.45, 7) is -0.103. The number of aliphatic carboxylic acids is 1. The Labute approximate surface area is 130 Å². The van der Waals surface area contributed by atoms with E-state index in [-0.39, 0.29) is 12.5 Å². The molecule has 0 radical (unpaired) electrons. The van der Waals surface area contributed by atoms with Crippen LogP contribution >= 0.6 is 11.8 Å². The lowest BCUT2D eigenvalue weighted by Crippen LogP contribution is -2.54. The molecule has 3 rings (SSSR count). The highest BCUT2D eigenvalue weighted by Gasteiger charge is 2.43.